The van der Waals surface area contributed by atoms with Gasteiger partial charge in [0.1, 0.15) is 12.4 Å². The predicted octanol–water partition coefficient (Wildman–Crippen LogP) is -0.790. The van der Waals surface area contributed by atoms with Crippen LogP contribution >= 0.6 is 0 Å². The molecule has 0 amide bonds. The Morgan fingerprint density at radius 1 is 1.70 bits per heavy atom. The summed E-state index contributed by atoms with van der Waals surface area (Å²) in [4.78, 5) is 20.2. The highest BCUT2D eigenvalue weighted by Gasteiger charge is 2.29. The fourth-order valence-corrected chi connectivity index (χ4v) is 1.86. The molecule has 8 heteroatoms. The maximum absolute atomic E-state index is 11.9. The van der Waals surface area contributed by atoms with Crippen LogP contribution in [-0.2, 0) is 9.57 Å². The smallest absolute Gasteiger partial charge is 0.352 e. The van der Waals surface area contributed by atoms with E-state index in [9.17, 15) is 4.79 Å². The Morgan fingerprint density at radius 2 is 2.45 bits per heavy atom. The van der Waals surface area contributed by atoms with Crippen molar-refractivity contribution in [3.8, 4) is 11.8 Å². The van der Waals surface area contributed by atoms with Crippen molar-refractivity contribution in [2.45, 2.75) is 19.6 Å². The molecule has 20 heavy (non-hydrogen) atoms. The minimum Gasteiger partial charge on any atom is -0.468 e. The quantitative estimate of drug-likeness (QED) is 0.488. The van der Waals surface area contributed by atoms with E-state index in [1.165, 1.54) is 10.8 Å². The number of aliphatic hydroxyl groups excluding tert-OH is 1. The highest BCUT2D eigenvalue weighted by Crippen LogP contribution is 2.31. The minimum absolute atomic E-state index is 0.0595. The average molecular weight is 278 g/mol. The standard InChI is InChI=1S/C12H14N4O4/c1-2-3-7-5-16(12(18)15-11(7)13)10-4-8(20-14)9(6-17)19-10/h5,10,17H,4,6,14H2,1H3,(H2,13,15,18)/t10-/m1/s1. The first-order chi connectivity index (χ1) is 9.60. The summed E-state index contributed by atoms with van der Waals surface area (Å²) in [6.45, 7) is 1.27. The molecule has 1 atom stereocenters. The molecule has 0 spiro atoms. The van der Waals surface area contributed by atoms with Crippen LogP contribution in [0.15, 0.2) is 22.5 Å². The van der Waals surface area contributed by atoms with E-state index in [4.69, 9.17) is 21.5 Å². The lowest BCUT2D eigenvalue weighted by Crippen LogP contribution is -2.28. The molecular formula is C12H14N4O4. The first-order valence-corrected chi connectivity index (χ1v) is 5.78. The lowest BCUT2D eigenvalue weighted by atomic mass is 10.3. The summed E-state index contributed by atoms with van der Waals surface area (Å²) in [5, 5.41) is 9.12. The molecule has 2 heterocycles. The zero-order valence-electron chi connectivity index (χ0n) is 10.8. The van der Waals surface area contributed by atoms with Gasteiger partial charge in [0.25, 0.3) is 0 Å². The van der Waals surface area contributed by atoms with Crippen LogP contribution in [0.1, 0.15) is 25.1 Å². The van der Waals surface area contributed by atoms with Gasteiger partial charge in [0.05, 0.1) is 12.0 Å². The molecule has 0 fully saturated rings. The van der Waals surface area contributed by atoms with E-state index in [1.54, 1.807) is 6.92 Å². The Hall–Kier alpha value is -2.50. The summed E-state index contributed by atoms with van der Waals surface area (Å²) in [5.74, 6) is 11.0. The maximum atomic E-state index is 11.9. The summed E-state index contributed by atoms with van der Waals surface area (Å²) in [6, 6.07) is 0. The van der Waals surface area contributed by atoms with Gasteiger partial charge in [-0.05, 0) is 6.92 Å². The molecule has 1 aromatic heterocycles. The number of nitrogens with two attached hydrogens (primary N) is 2. The molecule has 0 bridgehead atoms. The average Bonchev–Trinajstić information content (AvgIpc) is 2.85. The highest BCUT2D eigenvalue weighted by molar-refractivity contribution is 5.48. The molecule has 0 aliphatic carbocycles. The van der Waals surface area contributed by atoms with Crippen LogP contribution in [0, 0.1) is 11.8 Å². The van der Waals surface area contributed by atoms with Gasteiger partial charge in [-0.25, -0.2) is 4.79 Å². The van der Waals surface area contributed by atoms with Gasteiger partial charge >= 0.3 is 5.69 Å². The first-order valence-electron chi connectivity index (χ1n) is 5.78. The molecule has 0 aromatic carbocycles. The van der Waals surface area contributed by atoms with Crippen molar-refractivity contribution in [3.63, 3.8) is 0 Å². The van der Waals surface area contributed by atoms with Crippen molar-refractivity contribution in [2.75, 3.05) is 12.3 Å². The highest BCUT2D eigenvalue weighted by atomic mass is 16.6. The third-order valence-electron chi connectivity index (χ3n) is 2.79. The molecule has 0 saturated carbocycles. The normalized spacial score (nSPS) is 17.4. The molecule has 1 aromatic rings. The number of rotatable bonds is 3. The van der Waals surface area contributed by atoms with Crippen molar-refractivity contribution >= 4 is 5.82 Å². The van der Waals surface area contributed by atoms with E-state index in [1.807, 2.05) is 0 Å². The van der Waals surface area contributed by atoms with Gasteiger partial charge < -0.3 is 20.4 Å². The third-order valence-corrected chi connectivity index (χ3v) is 2.79. The van der Waals surface area contributed by atoms with E-state index in [0.29, 0.717) is 5.56 Å². The third kappa shape index (κ3) is 2.45. The van der Waals surface area contributed by atoms with Gasteiger partial charge in [-0.3, -0.25) is 4.57 Å². The Labute approximate surface area is 114 Å². The molecule has 0 unspecified atom stereocenters. The van der Waals surface area contributed by atoms with Crippen molar-refractivity contribution in [2.24, 2.45) is 5.90 Å². The fraction of sp³-hybridized carbons (Fsp3) is 0.333. The van der Waals surface area contributed by atoms with Crippen molar-refractivity contribution in [1.29, 1.82) is 0 Å². The molecule has 1 aliphatic rings. The van der Waals surface area contributed by atoms with Crippen LogP contribution in [0.3, 0.4) is 0 Å². The lowest BCUT2D eigenvalue weighted by molar-refractivity contribution is 0.0592. The zero-order chi connectivity index (χ0) is 14.7. The molecule has 0 saturated heterocycles. The lowest BCUT2D eigenvalue weighted by Gasteiger charge is -2.15. The first kappa shape index (κ1) is 13.9. The molecular weight excluding hydrogens is 264 g/mol. The van der Waals surface area contributed by atoms with Gasteiger partial charge in [0.2, 0.25) is 0 Å². The van der Waals surface area contributed by atoms with E-state index < -0.39 is 11.9 Å². The fourth-order valence-electron chi connectivity index (χ4n) is 1.86. The van der Waals surface area contributed by atoms with Crippen molar-refractivity contribution < 1.29 is 14.7 Å². The van der Waals surface area contributed by atoms with Crippen LogP contribution < -0.4 is 17.3 Å². The molecule has 2 rings (SSSR count). The zero-order valence-corrected chi connectivity index (χ0v) is 10.8. The molecule has 5 N–H and O–H groups in total. The summed E-state index contributed by atoms with van der Waals surface area (Å²) in [6.07, 6.45) is 0.964. The monoisotopic (exact) mass is 278 g/mol. The second-order valence-electron chi connectivity index (χ2n) is 4.00. The number of nitrogens with zero attached hydrogens (tertiary/aromatic N) is 2. The van der Waals surface area contributed by atoms with E-state index in [2.05, 4.69) is 21.7 Å². The topological polar surface area (TPSA) is 126 Å². The molecule has 1 aliphatic heterocycles. The van der Waals surface area contributed by atoms with Crippen LogP contribution in [0.25, 0.3) is 0 Å². The van der Waals surface area contributed by atoms with Gasteiger partial charge in [-0.1, -0.05) is 5.92 Å². The Morgan fingerprint density at radius 3 is 3.00 bits per heavy atom. The second kappa shape index (κ2) is 5.64. The number of anilines is 1. The molecule has 0 radical (unpaired) electrons. The number of aliphatic hydroxyl groups is 1. The van der Waals surface area contributed by atoms with Crippen LogP contribution in [-0.4, -0.2) is 21.3 Å². The van der Waals surface area contributed by atoms with Crippen molar-refractivity contribution in [3.05, 3.63) is 33.8 Å². The minimum atomic E-state index is -0.700. The number of nitrogen functional groups attached to an aromatic ring is 1. The largest absolute Gasteiger partial charge is 0.468 e. The Bertz CT molecular complexity index is 652. The van der Waals surface area contributed by atoms with E-state index in [0.717, 1.165) is 0 Å². The SMILES string of the molecule is CC#Cc1cn([C@H]2CC(ON)=C(CO)O2)c(=O)nc1N. The number of hydrogen-bond acceptors (Lipinski definition) is 7. The summed E-state index contributed by atoms with van der Waals surface area (Å²) in [5.41, 5.74) is 5.46. The van der Waals surface area contributed by atoms with Gasteiger partial charge in [0.15, 0.2) is 17.7 Å². The summed E-state index contributed by atoms with van der Waals surface area (Å²) >= 11 is 0. The number of ether oxygens (including phenoxy) is 1. The predicted molar refractivity (Wildman–Crippen MR) is 69.6 cm³/mol. The number of aromatic nitrogens is 2. The summed E-state index contributed by atoms with van der Waals surface area (Å²) < 4.78 is 6.65. The van der Waals surface area contributed by atoms with Gasteiger partial charge in [0, 0.05) is 6.20 Å². The Balaban J connectivity index is 2.38. The van der Waals surface area contributed by atoms with Crippen LogP contribution in [0.5, 0.6) is 0 Å². The van der Waals surface area contributed by atoms with E-state index in [-0.39, 0.29) is 30.4 Å². The molecule has 106 valence electrons. The van der Waals surface area contributed by atoms with Crippen LogP contribution in [0.4, 0.5) is 5.82 Å². The number of hydrogen-bond donors (Lipinski definition) is 3. The van der Waals surface area contributed by atoms with Gasteiger partial charge in [-0.15, -0.1) is 5.92 Å². The van der Waals surface area contributed by atoms with Crippen molar-refractivity contribution in [1.82, 2.24) is 9.55 Å². The van der Waals surface area contributed by atoms with Gasteiger partial charge in [-0.2, -0.15) is 10.9 Å². The maximum Gasteiger partial charge on any atom is 0.352 e. The second-order valence-corrected chi connectivity index (χ2v) is 4.00. The molecule has 8 nitrogen and oxygen atoms in total. The Kier molecular flexibility index (Phi) is 3.93. The summed E-state index contributed by atoms with van der Waals surface area (Å²) in [7, 11) is 0. The van der Waals surface area contributed by atoms with E-state index >= 15 is 0 Å². The van der Waals surface area contributed by atoms with Crippen LogP contribution in [0.2, 0.25) is 0 Å².